The number of aromatic nitrogens is 1. The first kappa shape index (κ1) is 37.0. The Kier molecular flexibility index (Phi) is 8.99. The van der Waals surface area contributed by atoms with Crippen LogP contribution in [-0.2, 0) is 26.2 Å². The van der Waals surface area contributed by atoms with Crippen LogP contribution in [0.15, 0.2) is 48.6 Å². The molecule has 1 amide bonds. The van der Waals surface area contributed by atoms with Crippen LogP contribution < -0.4 is 15.4 Å². The average molecular weight is 740 g/mol. The fourth-order valence-corrected chi connectivity index (χ4v) is 12.2. The number of primary amides is 1. The van der Waals surface area contributed by atoms with E-state index in [0.717, 1.165) is 85.3 Å². The van der Waals surface area contributed by atoms with Gasteiger partial charge in [-0.3, -0.25) is 14.5 Å². The van der Waals surface area contributed by atoms with Crippen LogP contribution in [0.3, 0.4) is 0 Å². The van der Waals surface area contributed by atoms with Crippen molar-refractivity contribution in [3.8, 4) is 5.75 Å². The van der Waals surface area contributed by atoms with Gasteiger partial charge in [-0.2, -0.15) is 0 Å². The summed E-state index contributed by atoms with van der Waals surface area (Å²) < 4.78 is 11.8. The van der Waals surface area contributed by atoms with Crippen molar-refractivity contribution in [2.45, 2.75) is 93.9 Å². The van der Waals surface area contributed by atoms with Crippen LogP contribution in [-0.4, -0.2) is 114 Å². The fourth-order valence-electron chi connectivity index (χ4n) is 12.2. The number of nitrogens with two attached hydrogens (primary N) is 1. The zero-order valence-electron chi connectivity index (χ0n) is 32.7. The summed E-state index contributed by atoms with van der Waals surface area (Å²) in [5.41, 5.74) is 7.82. The van der Waals surface area contributed by atoms with Gasteiger partial charge in [0.15, 0.2) is 5.60 Å². The lowest BCUT2D eigenvalue weighted by Crippen LogP contribution is -2.78. The smallest absolute Gasteiger partial charge is 0.319 e. The van der Waals surface area contributed by atoms with Crippen molar-refractivity contribution in [3.05, 3.63) is 70.9 Å². The van der Waals surface area contributed by atoms with Gasteiger partial charge in [0.2, 0.25) is 0 Å². The van der Waals surface area contributed by atoms with Gasteiger partial charge in [-0.15, -0.1) is 0 Å². The Hall–Kier alpha value is -3.90. The number of methoxy groups -OCH3 is 2. The number of likely N-dealkylation sites (tertiary alicyclic amines) is 1. The minimum Gasteiger partial charge on any atom is -0.496 e. The molecule has 290 valence electrons. The summed E-state index contributed by atoms with van der Waals surface area (Å²) in [6, 6.07) is 11.6. The maximum absolute atomic E-state index is 14.3. The molecule has 5 aliphatic rings. The maximum atomic E-state index is 14.3. The summed E-state index contributed by atoms with van der Waals surface area (Å²) in [5, 5.41) is 25.0. The lowest BCUT2D eigenvalue weighted by atomic mass is 9.45. The Morgan fingerprint density at radius 2 is 1.85 bits per heavy atom. The van der Waals surface area contributed by atoms with Gasteiger partial charge >= 0.3 is 5.97 Å². The van der Waals surface area contributed by atoms with Crippen LogP contribution in [0.2, 0.25) is 0 Å². The fraction of sp³-hybridized carbons (Fsp3) is 0.581. The molecule has 0 bridgehead atoms. The first-order valence-corrected chi connectivity index (χ1v) is 19.9. The SMILES string of the molecule is CC[C@]1(O)CCCN(CCc2c(C(C(=O)OC)c3cc4c(cc3OC)N(C)[C@@H]3[C@]45CCN4CC=C[C@@](CC)(C(C)[C@]3(O)C(N)=O)[C@H]45)[nH]c3ccccc23)C1. The lowest BCUT2D eigenvalue weighted by Gasteiger charge is -2.64. The highest BCUT2D eigenvalue weighted by atomic mass is 16.5. The topological polar surface area (TPSA) is 145 Å². The summed E-state index contributed by atoms with van der Waals surface area (Å²) in [6.07, 6.45) is 9.01. The number of H-pyrrole nitrogens is 1. The number of piperidine rings is 1. The van der Waals surface area contributed by atoms with Crippen LogP contribution in [0.4, 0.5) is 5.69 Å². The number of carbonyl (C=O) groups excluding carboxylic acids is 2. The third kappa shape index (κ3) is 4.93. The van der Waals surface area contributed by atoms with E-state index in [0.29, 0.717) is 30.7 Å². The minimum absolute atomic E-state index is 0.00362. The van der Waals surface area contributed by atoms with E-state index in [9.17, 15) is 19.8 Å². The molecule has 11 nitrogen and oxygen atoms in total. The lowest BCUT2D eigenvalue weighted by molar-refractivity contribution is -0.175. The first-order valence-electron chi connectivity index (χ1n) is 19.9. The number of hydrogen-bond donors (Lipinski definition) is 4. The van der Waals surface area contributed by atoms with E-state index in [1.807, 2.05) is 45.2 Å². The van der Waals surface area contributed by atoms with Crippen molar-refractivity contribution in [2.75, 3.05) is 58.9 Å². The van der Waals surface area contributed by atoms with Crippen LogP contribution in [0.5, 0.6) is 5.75 Å². The van der Waals surface area contributed by atoms with Crippen molar-refractivity contribution < 1.29 is 29.3 Å². The monoisotopic (exact) mass is 739 g/mol. The number of amides is 1. The summed E-state index contributed by atoms with van der Waals surface area (Å²) >= 11 is 0. The number of nitrogens with one attached hydrogen (secondary N) is 1. The van der Waals surface area contributed by atoms with E-state index in [2.05, 4.69) is 50.9 Å². The number of hydrogen-bond acceptors (Lipinski definition) is 9. The summed E-state index contributed by atoms with van der Waals surface area (Å²) in [6.45, 7) is 10.1. The van der Waals surface area contributed by atoms with E-state index in [1.54, 1.807) is 7.11 Å². The zero-order valence-corrected chi connectivity index (χ0v) is 32.7. The molecule has 0 radical (unpaired) electrons. The molecule has 2 aromatic carbocycles. The molecule has 3 fully saturated rings. The van der Waals surface area contributed by atoms with Gasteiger partial charge in [0.25, 0.3) is 5.91 Å². The predicted molar refractivity (Wildman–Crippen MR) is 209 cm³/mol. The molecule has 8 atom stereocenters. The van der Waals surface area contributed by atoms with Crippen LogP contribution in [0.1, 0.15) is 81.2 Å². The van der Waals surface area contributed by atoms with Crippen molar-refractivity contribution in [3.63, 3.8) is 0 Å². The number of aliphatic hydroxyl groups is 2. The van der Waals surface area contributed by atoms with Gasteiger partial charge in [-0.05, 0) is 74.9 Å². The Morgan fingerprint density at radius 1 is 1.07 bits per heavy atom. The molecule has 2 saturated heterocycles. The molecule has 11 heteroatoms. The van der Waals surface area contributed by atoms with Crippen LogP contribution in [0, 0.1) is 11.3 Å². The second kappa shape index (κ2) is 13.1. The molecular weight excluding hydrogens is 683 g/mol. The molecule has 3 aromatic rings. The molecule has 1 spiro atoms. The van der Waals surface area contributed by atoms with Crippen molar-refractivity contribution in [2.24, 2.45) is 17.1 Å². The van der Waals surface area contributed by atoms with Crippen LogP contribution in [0.25, 0.3) is 10.9 Å². The highest BCUT2D eigenvalue weighted by Crippen LogP contribution is 2.68. The summed E-state index contributed by atoms with van der Waals surface area (Å²) in [7, 11) is 4.99. The molecule has 8 rings (SSSR count). The number of aromatic amines is 1. The number of para-hydroxylation sites is 1. The highest BCUT2D eigenvalue weighted by molar-refractivity contribution is 5.92. The van der Waals surface area contributed by atoms with E-state index < -0.39 is 51.8 Å². The largest absolute Gasteiger partial charge is 0.496 e. The average Bonchev–Trinajstić information content (AvgIpc) is 3.82. The number of anilines is 1. The Bertz CT molecular complexity index is 2010. The second-order valence-electron chi connectivity index (χ2n) is 16.8. The van der Waals surface area contributed by atoms with E-state index in [4.69, 9.17) is 15.2 Å². The number of fused-ring (bicyclic) bond motifs is 2. The molecule has 1 aliphatic carbocycles. The number of carbonyl (C=O) groups is 2. The van der Waals surface area contributed by atoms with Gasteiger partial charge < -0.3 is 40.2 Å². The van der Waals surface area contributed by atoms with Gasteiger partial charge in [-0.1, -0.05) is 51.1 Å². The second-order valence-corrected chi connectivity index (χ2v) is 16.8. The predicted octanol–water partition coefficient (Wildman–Crippen LogP) is 4.22. The third-order valence-electron chi connectivity index (χ3n) is 14.8. The normalized spacial score (nSPS) is 33.7. The Balaban J connectivity index is 1.31. The standard InChI is InChI=1S/C43H57N5O6/c1-7-40(51)16-11-19-47(25-40)21-15-28-27-13-9-10-14-31(27)45-35(28)34(36(49)54-6)29-23-30-32(24-33(29)53-5)46(4)38-42(30)18-22-48-20-12-17-41(8-2,37(42)48)26(3)43(38,52)39(44)50/h9-10,12-14,17,23-24,26,34,37-38,45,51-52H,7-8,11,15-16,18-22,25H2,1-6H3,(H2,44,50)/t26?,34?,37-,38+,40-,41-,42+,43+/m0/s1. The molecule has 5 N–H and O–H groups in total. The van der Waals surface area contributed by atoms with Gasteiger partial charge in [0.05, 0.1) is 25.9 Å². The molecular formula is C43H57N5O6. The van der Waals surface area contributed by atoms with E-state index in [1.165, 1.54) is 7.11 Å². The van der Waals surface area contributed by atoms with Gasteiger partial charge in [0, 0.05) is 83.4 Å². The first-order chi connectivity index (χ1) is 25.8. The van der Waals surface area contributed by atoms with E-state index in [-0.39, 0.29) is 6.04 Å². The molecule has 54 heavy (non-hydrogen) atoms. The highest BCUT2D eigenvalue weighted by Gasteiger charge is 2.77. The quantitative estimate of drug-likeness (QED) is 0.178. The zero-order chi connectivity index (χ0) is 38.4. The van der Waals surface area contributed by atoms with Crippen molar-refractivity contribution >= 4 is 28.5 Å². The molecule has 1 saturated carbocycles. The molecule has 2 unspecified atom stereocenters. The number of ether oxygens (including phenoxy) is 2. The molecule has 5 heterocycles. The van der Waals surface area contributed by atoms with Crippen molar-refractivity contribution in [1.29, 1.82) is 0 Å². The van der Waals surface area contributed by atoms with Crippen LogP contribution >= 0.6 is 0 Å². The number of rotatable bonds is 10. The number of nitrogens with zero attached hydrogens (tertiary/aromatic N) is 3. The molecule has 4 aliphatic heterocycles. The number of β-amino-alcohol motifs (C(OH)–C–C–N with tert-alkyl or cyclic N) is 1. The number of esters is 1. The summed E-state index contributed by atoms with van der Waals surface area (Å²) in [4.78, 5) is 38.6. The summed E-state index contributed by atoms with van der Waals surface area (Å²) in [5.74, 6) is -1.91. The third-order valence-corrected chi connectivity index (χ3v) is 14.8. The number of likely N-dealkylation sites (N-methyl/N-ethyl adjacent to an activating group) is 1. The van der Waals surface area contributed by atoms with Crippen molar-refractivity contribution in [1.82, 2.24) is 14.8 Å². The van der Waals surface area contributed by atoms with E-state index >= 15 is 0 Å². The minimum atomic E-state index is -1.84. The van der Waals surface area contributed by atoms with Gasteiger partial charge in [-0.25, -0.2) is 0 Å². The Labute approximate surface area is 318 Å². The number of benzene rings is 2. The maximum Gasteiger partial charge on any atom is 0.319 e. The van der Waals surface area contributed by atoms with Gasteiger partial charge in [0.1, 0.15) is 11.7 Å². The Morgan fingerprint density at radius 3 is 2.56 bits per heavy atom. The molecule has 1 aromatic heterocycles.